The molecule has 0 aromatic carbocycles. The summed E-state index contributed by atoms with van der Waals surface area (Å²) in [5.41, 5.74) is 0.890. The Balaban J connectivity index is 2.46. The van der Waals surface area contributed by atoms with Gasteiger partial charge in [-0.2, -0.15) is 0 Å². The first-order valence-corrected chi connectivity index (χ1v) is 4.66. The van der Waals surface area contributed by atoms with Gasteiger partial charge in [-0.1, -0.05) is 0 Å². The van der Waals surface area contributed by atoms with Crippen LogP contribution in [0.15, 0.2) is 33.5 Å². The summed E-state index contributed by atoms with van der Waals surface area (Å²) in [6.45, 7) is 0. The van der Waals surface area contributed by atoms with E-state index in [1.807, 2.05) is 12.1 Å². The molecule has 0 amide bonds. The van der Waals surface area contributed by atoms with Crippen molar-refractivity contribution in [1.29, 1.82) is 0 Å². The van der Waals surface area contributed by atoms with Crippen molar-refractivity contribution < 1.29 is 4.42 Å². The van der Waals surface area contributed by atoms with Crippen LogP contribution in [-0.2, 0) is 0 Å². The highest BCUT2D eigenvalue weighted by molar-refractivity contribution is 9.10. The molecule has 13 heavy (non-hydrogen) atoms. The van der Waals surface area contributed by atoms with Gasteiger partial charge in [-0.05, 0) is 39.7 Å². The first-order valence-electron chi connectivity index (χ1n) is 3.49. The number of rotatable bonds is 1. The summed E-state index contributed by atoms with van der Waals surface area (Å²) in [5, 5.41) is 0.142. The van der Waals surface area contributed by atoms with Gasteiger partial charge in [0, 0.05) is 11.8 Å². The van der Waals surface area contributed by atoms with Crippen LogP contribution in [0.4, 0.5) is 0 Å². The Kier molecular flexibility index (Phi) is 2.33. The molecule has 0 saturated carbocycles. The molecule has 2 heterocycles. The van der Waals surface area contributed by atoms with E-state index in [0.717, 1.165) is 10.2 Å². The summed E-state index contributed by atoms with van der Waals surface area (Å²) >= 11 is 8.81. The number of pyridine rings is 1. The zero-order valence-corrected chi connectivity index (χ0v) is 8.71. The summed E-state index contributed by atoms with van der Waals surface area (Å²) in [6, 6.07) is 3.65. The Morgan fingerprint density at radius 2 is 2.23 bits per heavy atom. The second-order valence-corrected chi connectivity index (χ2v) is 3.48. The summed E-state index contributed by atoms with van der Waals surface area (Å²) in [7, 11) is 0. The third-order valence-corrected chi connectivity index (χ3v) is 2.10. The van der Waals surface area contributed by atoms with Crippen LogP contribution in [0.25, 0.3) is 11.3 Å². The molecule has 0 bridgehead atoms. The number of hydrogen-bond acceptors (Lipinski definition) is 3. The fourth-order valence-corrected chi connectivity index (χ4v) is 1.44. The van der Waals surface area contributed by atoms with E-state index in [1.165, 1.54) is 0 Å². The predicted octanol–water partition coefficient (Wildman–Crippen LogP) is 3.15. The van der Waals surface area contributed by atoms with Crippen LogP contribution in [0.2, 0.25) is 5.35 Å². The van der Waals surface area contributed by atoms with Crippen molar-refractivity contribution in [2.24, 2.45) is 0 Å². The van der Waals surface area contributed by atoms with Crippen LogP contribution in [-0.4, -0.2) is 9.97 Å². The first-order chi connectivity index (χ1) is 6.25. The van der Waals surface area contributed by atoms with Crippen molar-refractivity contribution >= 4 is 27.5 Å². The summed E-state index contributed by atoms with van der Waals surface area (Å²) in [5.74, 6) is 0.633. The van der Waals surface area contributed by atoms with Crippen LogP contribution < -0.4 is 0 Å². The predicted molar refractivity (Wildman–Crippen MR) is 52.4 cm³/mol. The van der Waals surface area contributed by atoms with Crippen molar-refractivity contribution in [2.45, 2.75) is 0 Å². The second-order valence-electron chi connectivity index (χ2n) is 2.34. The molecule has 0 radical (unpaired) electrons. The van der Waals surface area contributed by atoms with E-state index >= 15 is 0 Å². The SMILES string of the molecule is Clc1ncc(-c2ccnc(Br)c2)o1. The molecule has 5 heteroatoms. The maximum atomic E-state index is 5.54. The Bertz CT molecular complexity index is 430. The van der Waals surface area contributed by atoms with Gasteiger partial charge in [0.15, 0.2) is 5.76 Å². The lowest BCUT2D eigenvalue weighted by Gasteiger charge is -1.94. The second kappa shape index (κ2) is 3.47. The Morgan fingerprint density at radius 3 is 2.85 bits per heavy atom. The molecule has 66 valence electrons. The maximum Gasteiger partial charge on any atom is 0.292 e. The lowest BCUT2D eigenvalue weighted by Crippen LogP contribution is -1.76. The summed E-state index contributed by atoms with van der Waals surface area (Å²) in [6.07, 6.45) is 3.25. The minimum atomic E-state index is 0.142. The summed E-state index contributed by atoms with van der Waals surface area (Å²) < 4.78 is 5.88. The third-order valence-electron chi connectivity index (χ3n) is 1.49. The molecule has 2 aromatic rings. The molecule has 3 nitrogen and oxygen atoms in total. The fourth-order valence-electron chi connectivity index (χ4n) is 0.942. The smallest absolute Gasteiger partial charge is 0.292 e. The molecule has 0 atom stereocenters. The van der Waals surface area contributed by atoms with Crippen molar-refractivity contribution in [3.05, 3.63) is 34.5 Å². The van der Waals surface area contributed by atoms with Crippen LogP contribution in [0.1, 0.15) is 0 Å². The van der Waals surface area contributed by atoms with E-state index in [0.29, 0.717) is 5.76 Å². The standard InChI is InChI=1S/C8H4BrClN2O/c9-7-3-5(1-2-11-7)6-4-12-8(10)13-6/h1-4H. The van der Waals surface area contributed by atoms with Gasteiger partial charge in [0.05, 0.1) is 6.20 Å². The molecule has 0 aliphatic carbocycles. The molecule has 2 aromatic heterocycles. The lowest BCUT2D eigenvalue weighted by atomic mass is 10.2. The van der Waals surface area contributed by atoms with Gasteiger partial charge in [-0.3, -0.25) is 0 Å². The molecular weight excluding hydrogens is 255 g/mol. The van der Waals surface area contributed by atoms with Gasteiger partial charge in [0.25, 0.3) is 5.35 Å². The number of hydrogen-bond donors (Lipinski definition) is 0. The molecule has 0 aliphatic rings. The van der Waals surface area contributed by atoms with Gasteiger partial charge in [-0.15, -0.1) is 0 Å². The van der Waals surface area contributed by atoms with E-state index in [-0.39, 0.29) is 5.35 Å². The van der Waals surface area contributed by atoms with Gasteiger partial charge in [0.1, 0.15) is 4.60 Å². The van der Waals surface area contributed by atoms with Crippen molar-refractivity contribution in [2.75, 3.05) is 0 Å². The Labute approximate surface area is 87.9 Å². The van der Waals surface area contributed by atoms with E-state index in [1.54, 1.807) is 12.4 Å². The maximum absolute atomic E-state index is 5.54. The number of halogens is 2. The third kappa shape index (κ3) is 1.89. The molecule has 0 fully saturated rings. The van der Waals surface area contributed by atoms with Crippen LogP contribution in [0.5, 0.6) is 0 Å². The molecule has 0 saturated heterocycles. The van der Waals surface area contributed by atoms with Gasteiger partial charge in [0.2, 0.25) is 0 Å². The van der Waals surface area contributed by atoms with E-state index in [4.69, 9.17) is 16.0 Å². The zero-order chi connectivity index (χ0) is 9.26. The average molecular weight is 259 g/mol. The molecule has 2 rings (SSSR count). The fraction of sp³-hybridized carbons (Fsp3) is 0. The molecule has 0 N–H and O–H groups in total. The molecular formula is C8H4BrClN2O. The van der Waals surface area contributed by atoms with Gasteiger partial charge in [-0.25, -0.2) is 9.97 Å². The number of nitrogens with zero attached hydrogens (tertiary/aromatic N) is 2. The van der Waals surface area contributed by atoms with E-state index < -0.39 is 0 Å². The zero-order valence-electron chi connectivity index (χ0n) is 6.37. The highest BCUT2D eigenvalue weighted by atomic mass is 79.9. The normalized spacial score (nSPS) is 10.3. The van der Waals surface area contributed by atoms with Gasteiger partial charge < -0.3 is 4.42 Å². The van der Waals surface area contributed by atoms with Crippen LogP contribution in [0, 0.1) is 0 Å². The number of aromatic nitrogens is 2. The van der Waals surface area contributed by atoms with Crippen molar-refractivity contribution in [1.82, 2.24) is 9.97 Å². The van der Waals surface area contributed by atoms with E-state index in [9.17, 15) is 0 Å². The molecule has 0 unspecified atom stereocenters. The molecule has 0 spiro atoms. The van der Waals surface area contributed by atoms with Gasteiger partial charge >= 0.3 is 0 Å². The lowest BCUT2D eigenvalue weighted by molar-refractivity contribution is 0.574. The van der Waals surface area contributed by atoms with E-state index in [2.05, 4.69) is 25.9 Å². The minimum absolute atomic E-state index is 0.142. The van der Waals surface area contributed by atoms with Crippen LogP contribution in [0.3, 0.4) is 0 Å². The Hall–Kier alpha value is -0.870. The summed E-state index contributed by atoms with van der Waals surface area (Å²) in [4.78, 5) is 7.78. The Morgan fingerprint density at radius 1 is 1.38 bits per heavy atom. The monoisotopic (exact) mass is 258 g/mol. The highest BCUT2D eigenvalue weighted by Gasteiger charge is 2.04. The minimum Gasteiger partial charge on any atom is -0.428 e. The largest absolute Gasteiger partial charge is 0.428 e. The van der Waals surface area contributed by atoms with Crippen molar-refractivity contribution in [3.63, 3.8) is 0 Å². The topological polar surface area (TPSA) is 38.9 Å². The quantitative estimate of drug-likeness (QED) is 0.739. The van der Waals surface area contributed by atoms with Crippen molar-refractivity contribution in [3.8, 4) is 11.3 Å². The first kappa shape index (κ1) is 8.72. The average Bonchev–Trinajstić information content (AvgIpc) is 2.52. The van der Waals surface area contributed by atoms with Crippen LogP contribution >= 0.6 is 27.5 Å². The highest BCUT2D eigenvalue weighted by Crippen LogP contribution is 2.23. The number of oxazole rings is 1. The molecule has 0 aliphatic heterocycles.